The minimum absolute atomic E-state index is 0.0492. The monoisotopic (exact) mass is 283 g/mol. The molecule has 0 radical (unpaired) electrons. The highest BCUT2D eigenvalue weighted by molar-refractivity contribution is 6.22. The first kappa shape index (κ1) is 16.2. The number of hydrogen-bond donors (Lipinski definition) is 1. The van der Waals surface area contributed by atoms with Crippen molar-refractivity contribution in [2.24, 2.45) is 16.5 Å². The summed E-state index contributed by atoms with van der Waals surface area (Å²) >= 11 is 0. The van der Waals surface area contributed by atoms with E-state index < -0.39 is 17.3 Å². The Morgan fingerprint density at radius 1 is 1.50 bits per heavy atom. The van der Waals surface area contributed by atoms with Gasteiger partial charge in [0.2, 0.25) is 0 Å². The van der Waals surface area contributed by atoms with Gasteiger partial charge in [0.05, 0.1) is 18.4 Å². The van der Waals surface area contributed by atoms with E-state index >= 15 is 0 Å². The van der Waals surface area contributed by atoms with Crippen LogP contribution in [-0.2, 0) is 19.2 Å². The average Bonchev–Trinajstić information content (AvgIpc) is 2.34. The van der Waals surface area contributed by atoms with Gasteiger partial charge in [-0.2, -0.15) is 0 Å². The topological polar surface area (TPSA) is 85.2 Å². The Balaban J connectivity index is 3.33. The van der Waals surface area contributed by atoms with Gasteiger partial charge in [-0.3, -0.25) is 9.59 Å². The summed E-state index contributed by atoms with van der Waals surface area (Å²) in [5.74, 6) is -2.00. The molecule has 6 nitrogen and oxygen atoms in total. The van der Waals surface area contributed by atoms with Crippen LogP contribution in [0.1, 0.15) is 34.1 Å². The van der Waals surface area contributed by atoms with Crippen molar-refractivity contribution < 1.29 is 24.3 Å². The van der Waals surface area contributed by atoms with Crippen molar-refractivity contribution >= 4 is 17.5 Å². The summed E-state index contributed by atoms with van der Waals surface area (Å²) in [6, 6.07) is 0. The zero-order valence-electron chi connectivity index (χ0n) is 12.5. The molecule has 0 fully saturated rings. The maximum absolute atomic E-state index is 12.2. The molecule has 0 saturated heterocycles. The molecule has 0 heterocycles. The van der Waals surface area contributed by atoms with Crippen molar-refractivity contribution in [1.82, 2.24) is 0 Å². The van der Waals surface area contributed by atoms with Gasteiger partial charge in [0.15, 0.2) is 5.78 Å². The lowest BCUT2D eigenvalue weighted by atomic mass is 9.68. The fourth-order valence-electron chi connectivity index (χ4n) is 2.40. The fraction of sp³-hybridized carbons (Fsp3) is 0.643. The molecule has 0 aromatic carbocycles. The van der Waals surface area contributed by atoms with Crippen molar-refractivity contribution in [2.75, 3.05) is 13.7 Å². The predicted octanol–water partition coefficient (Wildman–Crippen LogP) is 2.00. The second-order valence-electron chi connectivity index (χ2n) is 5.40. The van der Waals surface area contributed by atoms with Gasteiger partial charge in [0.1, 0.15) is 18.3 Å². The highest BCUT2D eigenvalue weighted by Gasteiger charge is 2.47. The van der Waals surface area contributed by atoms with Gasteiger partial charge in [0.25, 0.3) is 0 Å². The van der Waals surface area contributed by atoms with E-state index in [4.69, 9.17) is 9.57 Å². The van der Waals surface area contributed by atoms with Crippen LogP contribution >= 0.6 is 0 Å². The van der Waals surface area contributed by atoms with E-state index in [0.717, 1.165) is 0 Å². The second kappa shape index (κ2) is 6.07. The van der Waals surface area contributed by atoms with Crippen LogP contribution in [0.25, 0.3) is 0 Å². The van der Waals surface area contributed by atoms with E-state index in [9.17, 15) is 14.7 Å². The third-order valence-corrected chi connectivity index (χ3v) is 3.34. The molecule has 0 saturated carbocycles. The molecule has 0 aromatic rings. The van der Waals surface area contributed by atoms with Gasteiger partial charge in [-0.25, -0.2) is 0 Å². The number of ketones is 1. The van der Waals surface area contributed by atoms with E-state index in [1.807, 2.05) is 0 Å². The summed E-state index contributed by atoms with van der Waals surface area (Å²) in [7, 11) is 1.25. The van der Waals surface area contributed by atoms with Crippen molar-refractivity contribution in [3.05, 3.63) is 11.3 Å². The van der Waals surface area contributed by atoms with Crippen LogP contribution in [0.4, 0.5) is 0 Å². The van der Waals surface area contributed by atoms with Crippen LogP contribution in [0.2, 0.25) is 0 Å². The summed E-state index contributed by atoms with van der Waals surface area (Å²) < 4.78 is 4.72. The number of aliphatic hydroxyl groups excluding tert-OH is 1. The molecule has 1 aliphatic rings. The molecule has 0 amide bonds. The first-order chi connectivity index (χ1) is 9.26. The van der Waals surface area contributed by atoms with Crippen molar-refractivity contribution in [3.63, 3.8) is 0 Å². The number of rotatable bonds is 4. The molecule has 1 N–H and O–H groups in total. The molecule has 1 aliphatic carbocycles. The minimum atomic E-state index is -0.882. The zero-order valence-corrected chi connectivity index (χ0v) is 12.5. The number of carbonyl (C=O) groups excluding carboxylic acids is 2. The molecule has 1 rings (SSSR count). The number of carbonyl (C=O) groups is 2. The summed E-state index contributed by atoms with van der Waals surface area (Å²) in [5.41, 5.74) is -0.393. The van der Waals surface area contributed by atoms with E-state index in [1.54, 1.807) is 27.7 Å². The van der Waals surface area contributed by atoms with Crippen LogP contribution in [0.5, 0.6) is 0 Å². The zero-order chi connectivity index (χ0) is 15.5. The van der Waals surface area contributed by atoms with Crippen LogP contribution in [0, 0.1) is 11.3 Å². The van der Waals surface area contributed by atoms with Gasteiger partial charge < -0.3 is 14.7 Å². The summed E-state index contributed by atoms with van der Waals surface area (Å²) in [6.45, 7) is 7.16. The number of nitrogens with zero attached hydrogens (tertiary/aromatic N) is 1. The van der Waals surface area contributed by atoms with Crippen molar-refractivity contribution in [1.29, 1.82) is 0 Å². The normalized spacial score (nSPS) is 22.8. The van der Waals surface area contributed by atoms with Crippen LogP contribution < -0.4 is 0 Å². The summed E-state index contributed by atoms with van der Waals surface area (Å²) in [4.78, 5) is 29.0. The third kappa shape index (κ3) is 3.00. The Morgan fingerprint density at radius 2 is 2.10 bits per heavy atom. The molecular weight excluding hydrogens is 262 g/mol. The highest BCUT2D eigenvalue weighted by atomic mass is 16.6. The molecule has 0 aromatic heterocycles. The Hall–Kier alpha value is -1.85. The number of oxime groups is 1. The maximum atomic E-state index is 12.2. The first-order valence-corrected chi connectivity index (χ1v) is 6.47. The number of ether oxygens (including phenoxy) is 1. The number of methoxy groups -OCH3 is 1. The number of esters is 1. The Labute approximate surface area is 118 Å². The maximum Gasteiger partial charge on any atom is 0.316 e. The number of allylic oxidation sites excluding steroid dienone is 1. The van der Waals surface area contributed by atoms with Gasteiger partial charge in [-0.15, -0.1) is 0 Å². The molecule has 0 aliphatic heterocycles. The van der Waals surface area contributed by atoms with Crippen molar-refractivity contribution in [3.8, 4) is 0 Å². The molecule has 0 bridgehead atoms. The summed E-state index contributed by atoms with van der Waals surface area (Å²) in [5, 5.41) is 14.1. The molecular formula is C14H21NO5. The van der Waals surface area contributed by atoms with Gasteiger partial charge in [0, 0.05) is 6.42 Å². The van der Waals surface area contributed by atoms with Gasteiger partial charge >= 0.3 is 5.97 Å². The minimum Gasteiger partial charge on any atom is -0.511 e. The highest BCUT2D eigenvalue weighted by Crippen LogP contribution is 2.42. The quantitative estimate of drug-likeness (QED) is 0.484. The number of hydrogen-bond acceptors (Lipinski definition) is 6. The van der Waals surface area contributed by atoms with Gasteiger partial charge in [-0.05, 0) is 19.3 Å². The standard InChI is InChI=1S/C14H21NO5/c1-6-20-15-8(2)10-9(16)7-14(3,4)11(12(10)17)13(18)19-5/h11,17H,6-7H2,1-5H3. The van der Waals surface area contributed by atoms with Gasteiger partial charge in [-0.1, -0.05) is 19.0 Å². The molecule has 112 valence electrons. The van der Waals surface area contributed by atoms with E-state index in [0.29, 0.717) is 6.61 Å². The lowest BCUT2D eigenvalue weighted by Gasteiger charge is -2.36. The van der Waals surface area contributed by atoms with E-state index in [2.05, 4.69) is 5.16 Å². The van der Waals surface area contributed by atoms with E-state index in [-0.39, 0.29) is 29.2 Å². The number of Topliss-reactive ketones (excluding diaryl/α,β-unsaturated/α-hetero) is 1. The SMILES string of the molecule is CCON=C(C)C1=C(O)C(C(=O)OC)C(C)(C)CC1=O. The Bertz CT molecular complexity index is 476. The molecule has 1 atom stereocenters. The van der Waals surface area contributed by atoms with Crippen LogP contribution in [-0.4, -0.2) is 36.3 Å². The smallest absolute Gasteiger partial charge is 0.316 e. The van der Waals surface area contributed by atoms with Crippen molar-refractivity contribution in [2.45, 2.75) is 34.1 Å². The third-order valence-electron chi connectivity index (χ3n) is 3.34. The average molecular weight is 283 g/mol. The molecule has 6 heteroatoms. The van der Waals surface area contributed by atoms with E-state index in [1.165, 1.54) is 7.11 Å². The Morgan fingerprint density at radius 3 is 2.60 bits per heavy atom. The fourth-order valence-corrected chi connectivity index (χ4v) is 2.40. The molecule has 0 spiro atoms. The lowest BCUT2D eigenvalue weighted by Crippen LogP contribution is -2.41. The molecule has 1 unspecified atom stereocenters. The molecule has 20 heavy (non-hydrogen) atoms. The largest absolute Gasteiger partial charge is 0.511 e. The number of aliphatic hydroxyl groups is 1. The van der Waals surface area contributed by atoms with Crippen LogP contribution in [0.15, 0.2) is 16.5 Å². The second-order valence-corrected chi connectivity index (χ2v) is 5.40. The lowest BCUT2D eigenvalue weighted by molar-refractivity contribution is -0.150. The predicted molar refractivity (Wildman–Crippen MR) is 73.3 cm³/mol. The van der Waals surface area contributed by atoms with Crippen LogP contribution in [0.3, 0.4) is 0 Å². The first-order valence-electron chi connectivity index (χ1n) is 6.47. The summed E-state index contributed by atoms with van der Waals surface area (Å²) in [6.07, 6.45) is 0.130. The Kier molecular flexibility index (Phi) is 4.92.